The summed E-state index contributed by atoms with van der Waals surface area (Å²) in [7, 11) is 0. The molecule has 1 fully saturated rings. The van der Waals surface area contributed by atoms with E-state index in [4.69, 9.17) is 5.73 Å². The van der Waals surface area contributed by atoms with E-state index in [9.17, 15) is 9.59 Å². The summed E-state index contributed by atoms with van der Waals surface area (Å²) in [5.74, 6) is 0.0118. The number of nitrogens with two attached hydrogens (primary N) is 1. The summed E-state index contributed by atoms with van der Waals surface area (Å²) in [5, 5.41) is 0. The van der Waals surface area contributed by atoms with Crippen molar-refractivity contribution in [3.63, 3.8) is 0 Å². The summed E-state index contributed by atoms with van der Waals surface area (Å²) < 4.78 is 0. The summed E-state index contributed by atoms with van der Waals surface area (Å²) >= 11 is 0. The highest BCUT2D eigenvalue weighted by atomic mass is 16.2. The molecule has 108 valence electrons. The number of amides is 2. The van der Waals surface area contributed by atoms with Crippen LogP contribution in [0.2, 0.25) is 0 Å². The fourth-order valence-electron chi connectivity index (χ4n) is 2.48. The first-order chi connectivity index (χ1) is 9.56. The topological polar surface area (TPSA) is 66.6 Å². The molecule has 0 aliphatic carbocycles. The minimum absolute atomic E-state index is 0.00667. The van der Waals surface area contributed by atoms with Gasteiger partial charge >= 0.3 is 0 Å². The van der Waals surface area contributed by atoms with Gasteiger partial charge in [0, 0.05) is 43.3 Å². The first-order valence-corrected chi connectivity index (χ1v) is 7.02. The van der Waals surface area contributed by atoms with Crippen LogP contribution in [0.15, 0.2) is 24.3 Å². The number of anilines is 1. The molecule has 2 rings (SSSR count). The highest BCUT2D eigenvalue weighted by molar-refractivity contribution is 5.99. The largest absolute Gasteiger partial charge is 0.339 e. The van der Waals surface area contributed by atoms with Gasteiger partial charge in [0.25, 0.3) is 5.91 Å². The Morgan fingerprint density at radius 3 is 2.65 bits per heavy atom. The zero-order chi connectivity index (χ0) is 14.7. The fourth-order valence-corrected chi connectivity index (χ4v) is 2.48. The van der Waals surface area contributed by atoms with Crippen molar-refractivity contribution in [1.82, 2.24) is 4.90 Å². The molecule has 1 aromatic rings. The molecule has 2 N–H and O–H groups in total. The monoisotopic (exact) mass is 275 g/mol. The smallest absolute Gasteiger partial charge is 0.253 e. The van der Waals surface area contributed by atoms with Crippen LogP contribution in [0.25, 0.3) is 0 Å². The molecular weight excluding hydrogens is 254 g/mol. The van der Waals surface area contributed by atoms with Crippen molar-refractivity contribution in [3.8, 4) is 0 Å². The normalized spacial score (nSPS) is 18.4. The lowest BCUT2D eigenvalue weighted by Gasteiger charge is -2.21. The van der Waals surface area contributed by atoms with Gasteiger partial charge in [0.05, 0.1) is 0 Å². The highest BCUT2D eigenvalue weighted by Gasteiger charge is 2.28. The maximum Gasteiger partial charge on any atom is 0.253 e. The van der Waals surface area contributed by atoms with Gasteiger partial charge < -0.3 is 15.5 Å². The van der Waals surface area contributed by atoms with Crippen LogP contribution in [0, 0.1) is 0 Å². The summed E-state index contributed by atoms with van der Waals surface area (Å²) in [4.78, 5) is 27.6. The molecule has 1 aliphatic rings. The molecule has 0 bridgehead atoms. The second kappa shape index (κ2) is 6.05. The van der Waals surface area contributed by atoms with Gasteiger partial charge in [-0.3, -0.25) is 9.59 Å². The molecule has 0 aromatic heterocycles. The van der Waals surface area contributed by atoms with Crippen molar-refractivity contribution < 1.29 is 9.59 Å². The average molecular weight is 275 g/mol. The SMILES string of the molecule is CCN(CC)C(=O)c1cccc(N2CC(N)CC2=O)c1. The maximum atomic E-state index is 12.3. The van der Waals surface area contributed by atoms with Gasteiger partial charge in [-0.25, -0.2) is 0 Å². The Bertz CT molecular complexity index is 512. The second-order valence-electron chi connectivity index (χ2n) is 5.00. The third-order valence-electron chi connectivity index (χ3n) is 3.61. The van der Waals surface area contributed by atoms with Crippen molar-refractivity contribution in [1.29, 1.82) is 0 Å². The van der Waals surface area contributed by atoms with Crippen molar-refractivity contribution in [2.75, 3.05) is 24.5 Å². The average Bonchev–Trinajstić information content (AvgIpc) is 2.79. The summed E-state index contributed by atoms with van der Waals surface area (Å²) in [5.41, 5.74) is 7.17. The van der Waals surface area contributed by atoms with E-state index in [1.165, 1.54) is 0 Å². The zero-order valence-corrected chi connectivity index (χ0v) is 12.0. The summed E-state index contributed by atoms with van der Waals surface area (Å²) in [6, 6.07) is 7.09. The Morgan fingerprint density at radius 2 is 2.10 bits per heavy atom. The van der Waals surface area contributed by atoms with Gasteiger partial charge in [-0.05, 0) is 32.0 Å². The Kier molecular flexibility index (Phi) is 4.39. The molecule has 1 aliphatic heterocycles. The second-order valence-corrected chi connectivity index (χ2v) is 5.00. The standard InChI is InChI=1S/C15H21N3O2/c1-3-17(4-2)15(20)11-6-5-7-13(8-11)18-10-12(16)9-14(18)19/h5-8,12H,3-4,9-10,16H2,1-2H3. The molecule has 0 spiro atoms. The molecule has 1 heterocycles. The predicted molar refractivity (Wildman–Crippen MR) is 78.6 cm³/mol. The number of benzene rings is 1. The highest BCUT2D eigenvalue weighted by Crippen LogP contribution is 2.22. The van der Waals surface area contributed by atoms with Crippen molar-refractivity contribution >= 4 is 17.5 Å². The van der Waals surface area contributed by atoms with Crippen LogP contribution in [-0.2, 0) is 4.79 Å². The van der Waals surface area contributed by atoms with Crippen LogP contribution in [-0.4, -0.2) is 42.4 Å². The van der Waals surface area contributed by atoms with Gasteiger partial charge in [0.15, 0.2) is 0 Å². The van der Waals surface area contributed by atoms with Crippen LogP contribution in [0.3, 0.4) is 0 Å². The minimum Gasteiger partial charge on any atom is -0.339 e. The third kappa shape index (κ3) is 2.82. The third-order valence-corrected chi connectivity index (χ3v) is 3.61. The number of rotatable bonds is 4. The molecule has 0 radical (unpaired) electrons. The van der Waals surface area contributed by atoms with Crippen LogP contribution < -0.4 is 10.6 Å². The van der Waals surface area contributed by atoms with Crippen LogP contribution >= 0.6 is 0 Å². The molecule has 1 unspecified atom stereocenters. The minimum atomic E-state index is -0.121. The maximum absolute atomic E-state index is 12.3. The summed E-state index contributed by atoms with van der Waals surface area (Å²) in [6.07, 6.45) is 0.369. The first kappa shape index (κ1) is 14.5. The van der Waals surface area contributed by atoms with E-state index in [0.717, 1.165) is 5.69 Å². The van der Waals surface area contributed by atoms with E-state index in [1.807, 2.05) is 26.0 Å². The fraction of sp³-hybridized carbons (Fsp3) is 0.467. The van der Waals surface area contributed by atoms with E-state index in [2.05, 4.69) is 0 Å². The molecule has 20 heavy (non-hydrogen) atoms. The molecular formula is C15H21N3O2. The zero-order valence-electron chi connectivity index (χ0n) is 12.0. The molecule has 5 heteroatoms. The molecule has 1 atom stereocenters. The lowest BCUT2D eigenvalue weighted by atomic mass is 10.1. The number of hydrogen-bond acceptors (Lipinski definition) is 3. The number of hydrogen-bond donors (Lipinski definition) is 1. The van der Waals surface area contributed by atoms with E-state index < -0.39 is 0 Å². The van der Waals surface area contributed by atoms with Gasteiger partial charge in [0.1, 0.15) is 0 Å². The number of carbonyl (C=O) groups is 2. The Hall–Kier alpha value is -1.88. The Morgan fingerprint density at radius 1 is 1.40 bits per heavy atom. The van der Waals surface area contributed by atoms with E-state index in [0.29, 0.717) is 31.6 Å². The lowest BCUT2D eigenvalue weighted by molar-refractivity contribution is -0.117. The quantitative estimate of drug-likeness (QED) is 0.899. The predicted octanol–water partition coefficient (Wildman–Crippen LogP) is 1.23. The first-order valence-electron chi connectivity index (χ1n) is 7.02. The van der Waals surface area contributed by atoms with E-state index in [-0.39, 0.29) is 17.9 Å². The molecule has 1 saturated heterocycles. The number of nitrogens with zero attached hydrogens (tertiary/aromatic N) is 2. The molecule has 0 saturated carbocycles. The molecule has 5 nitrogen and oxygen atoms in total. The summed E-state index contributed by atoms with van der Waals surface area (Å²) in [6.45, 7) is 5.77. The van der Waals surface area contributed by atoms with Gasteiger partial charge in [-0.15, -0.1) is 0 Å². The Balaban J connectivity index is 2.24. The van der Waals surface area contributed by atoms with Gasteiger partial charge in [-0.2, -0.15) is 0 Å². The van der Waals surface area contributed by atoms with Crippen molar-refractivity contribution in [2.24, 2.45) is 5.73 Å². The van der Waals surface area contributed by atoms with E-state index >= 15 is 0 Å². The van der Waals surface area contributed by atoms with Crippen LogP contribution in [0.1, 0.15) is 30.6 Å². The number of carbonyl (C=O) groups excluding carboxylic acids is 2. The van der Waals surface area contributed by atoms with Crippen molar-refractivity contribution in [3.05, 3.63) is 29.8 Å². The Labute approximate surface area is 119 Å². The van der Waals surface area contributed by atoms with Gasteiger partial charge in [-0.1, -0.05) is 6.07 Å². The van der Waals surface area contributed by atoms with Crippen LogP contribution in [0.4, 0.5) is 5.69 Å². The molecule has 1 aromatic carbocycles. The van der Waals surface area contributed by atoms with Crippen molar-refractivity contribution in [2.45, 2.75) is 26.3 Å². The van der Waals surface area contributed by atoms with E-state index in [1.54, 1.807) is 21.9 Å². The van der Waals surface area contributed by atoms with Gasteiger partial charge in [0.2, 0.25) is 5.91 Å². The molecule has 2 amide bonds. The van der Waals surface area contributed by atoms with Crippen LogP contribution in [0.5, 0.6) is 0 Å². The lowest BCUT2D eigenvalue weighted by Crippen LogP contribution is -2.31.